The zero-order valence-corrected chi connectivity index (χ0v) is 16.2. The van der Waals surface area contributed by atoms with Gasteiger partial charge < -0.3 is 14.8 Å². The van der Waals surface area contributed by atoms with Gasteiger partial charge in [-0.1, -0.05) is 12.1 Å². The molecule has 2 aromatic rings. The first-order chi connectivity index (χ1) is 12.8. The number of aryl methyl sites for hydroxylation is 1. The van der Waals surface area contributed by atoms with E-state index in [4.69, 9.17) is 9.47 Å². The van der Waals surface area contributed by atoms with E-state index in [0.717, 1.165) is 5.56 Å². The van der Waals surface area contributed by atoms with Crippen molar-refractivity contribution in [3.8, 4) is 11.5 Å². The average molecular weight is 390 g/mol. The maximum atomic E-state index is 12.7. The van der Waals surface area contributed by atoms with Gasteiger partial charge in [0.2, 0.25) is 10.0 Å². The number of rotatable bonds is 5. The van der Waals surface area contributed by atoms with Gasteiger partial charge in [-0.2, -0.15) is 0 Å². The van der Waals surface area contributed by atoms with Crippen LogP contribution in [-0.2, 0) is 10.0 Å². The van der Waals surface area contributed by atoms with Gasteiger partial charge >= 0.3 is 0 Å². The highest BCUT2D eigenvalue weighted by Gasteiger charge is 2.19. The number of ether oxygens (including phenoxy) is 2. The Morgan fingerprint density at radius 3 is 2.48 bits per heavy atom. The van der Waals surface area contributed by atoms with Crippen LogP contribution in [0.1, 0.15) is 34.5 Å². The molecular formula is C19H22N2O5S. The summed E-state index contributed by atoms with van der Waals surface area (Å²) in [6.45, 7) is 4.62. The van der Waals surface area contributed by atoms with Gasteiger partial charge in [0, 0.05) is 5.56 Å². The van der Waals surface area contributed by atoms with Crippen LogP contribution in [0.3, 0.4) is 0 Å². The summed E-state index contributed by atoms with van der Waals surface area (Å²) in [5.41, 5.74) is 1.87. The second-order valence-electron chi connectivity index (χ2n) is 6.28. The third-order valence-corrected chi connectivity index (χ3v) is 5.86. The lowest BCUT2D eigenvalue weighted by Crippen LogP contribution is -2.28. The molecule has 0 radical (unpaired) electrons. The molecule has 0 fully saturated rings. The minimum atomic E-state index is -3.62. The van der Waals surface area contributed by atoms with Crippen molar-refractivity contribution in [2.45, 2.75) is 24.8 Å². The number of hydrogen-bond donors (Lipinski definition) is 2. The van der Waals surface area contributed by atoms with E-state index < -0.39 is 10.0 Å². The summed E-state index contributed by atoms with van der Waals surface area (Å²) in [7, 11) is -2.29. The van der Waals surface area contributed by atoms with E-state index in [9.17, 15) is 13.2 Å². The predicted molar refractivity (Wildman–Crippen MR) is 101 cm³/mol. The van der Waals surface area contributed by atoms with Gasteiger partial charge in [0.15, 0.2) is 11.5 Å². The minimum Gasteiger partial charge on any atom is -0.486 e. The molecule has 7 nitrogen and oxygen atoms in total. The monoisotopic (exact) mass is 390 g/mol. The molecule has 2 N–H and O–H groups in total. The topological polar surface area (TPSA) is 93.7 Å². The van der Waals surface area contributed by atoms with Gasteiger partial charge in [-0.05, 0) is 56.3 Å². The number of benzene rings is 2. The van der Waals surface area contributed by atoms with Crippen LogP contribution in [0.25, 0.3) is 0 Å². The Labute approximate surface area is 158 Å². The summed E-state index contributed by atoms with van der Waals surface area (Å²) < 4.78 is 37.3. The number of hydrogen-bond acceptors (Lipinski definition) is 5. The van der Waals surface area contributed by atoms with Gasteiger partial charge in [-0.3, -0.25) is 4.79 Å². The number of carbonyl (C=O) groups is 1. The van der Waals surface area contributed by atoms with Gasteiger partial charge in [-0.15, -0.1) is 0 Å². The third-order valence-electron chi connectivity index (χ3n) is 4.45. The Morgan fingerprint density at radius 1 is 1.07 bits per heavy atom. The van der Waals surface area contributed by atoms with Gasteiger partial charge in [-0.25, -0.2) is 13.1 Å². The van der Waals surface area contributed by atoms with E-state index in [1.807, 2.05) is 25.1 Å². The second-order valence-corrected chi connectivity index (χ2v) is 8.17. The van der Waals surface area contributed by atoms with Crippen LogP contribution < -0.4 is 19.5 Å². The molecule has 0 saturated heterocycles. The highest BCUT2D eigenvalue weighted by atomic mass is 32.2. The smallest absolute Gasteiger partial charge is 0.252 e. The maximum absolute atomic E-state index is 12.7. The second kappa shape index (κ2) is 7.58. The van der Waals surface area contributed by atoms with Crippen LogP contribution in [0, 0.1) is 6.92 Å². The van der Waals surface area contributed by atoms with Crippen LogP contribution in [0.2, 0.25) is 0 Å². The van der Waals surface area contributed by atoms with E-state index >= 15 is 0 Å². The highest BCUT2D eigenvalue weighted by Crippen LogP contribution is 2.32. The molecule has 0 bridgehead atoms. The molecule has 1 amide bonds. The molecule has 1 aliphatic heterocycles. The lowest BCUT2D eigenvalue weighted by Gasteiger charge is -2.21. The SMILES string of the molecule is CNS(=O)(=O)c1ccc(C)c(C(=O)NC(C)c2ccc3c(c2)OCCO3)c1. The molecule has 27 heavy (non-hydrogen) atoms. The van der Waals surface area contributed by atoms with Crippen LogP contribution in [0.5, 0.6) is 11.5 Å². The zero-order valence-electron chi connectivity index (χ0n) is 15.4. The van der Waals surface area contributed by atoms with Gasteiger partial charge in [0.05, 0.1) is 10.9 Å². The van der Waals surface area contributed by atoms with Gasteiger partial charge in [0.25, 0.3) is 5.91 Å². The van der Waals surface area contributed by atoms with Crippen molar-refractivity contribution < 1.29 is 22.7 Å². The molecule has 0 aliphatic carbocycles. The predicted octanol–water partition coefficient (Wildman–Crippen LogP) is 2.17. The molecule has 1 aliphatic rings. The van der Waals surface area contributed by atoms with Crippen LogP contribution in [0.4, 0.5) is 0 Å². The number of nitrogens with one attached hydrogen (secondary N) is 2. The van der Waals surface area contributed by atoms with Gasteiger partial charge in [0.1, 0.15) is 13.2 Å². The van der Waals surface area contributed by atoms with Crippen molar-refractivity contribution in [1.82, 2.24) is 10.0 Å². The minimum absolute atomic E-state index is 0.0488. The molecule has 8 heteroatoms. The van der Waals surface area contributed by atoms with E-state index in [1.54, 1.807) is 13.0 Å². The molecule has 0 spiro atoms. The van der Waals surface area contributed by atoms with E-state index in [-0.39, 0.29) is 16.8 Å². The molecule has 1 heterocycles. The van der Waals surface area contributed by atoms with E-state index in [0.29, 0.717) is 35.8 Å². The Balaban J connectivity index is 1.82. The first-order valence-electron chi connectivity index (χ1n) is 8.56. The Kier molecular flexibility index (Phi) is 5.38. The standard InChI is InChI=1S/C19H22N2O5S/c1-12-4-6-15(27(23,24)20-3)11-16(12)19(22)21-13(2)14-5-7-17-18(10-14)26-9-8-25-17/h4-7,10-11,13,20H,8-9H2,1-3H3,(H,21,22). The normalized spacial score (nSPS) is 14.5. The molecule has 1 atom stereocenters. The molecular weight excluding hydrogens is 368 g/mol. The fourth-order valence-corrected chi connectivity index (χ4v) is 3.57. The summed E-state index contributed by atoms with van der Waals surface area (Å²) in [6.07, 6.45) is 0. The summed E-state index contributed by atoms with van der Waals surface area (Å²) in [6, 6.07) is 9.71. The number of fused-ring (bicyclic) bond motifs is 1. The quantitative estimate of drug-likeness (QED) is 0.816. The first-order valence-corrected chi connectivity index (χ1v) is 10.0. The van der Waals surface area contributed by atoms with Crippen molar-refractivity contribution in [3.05, 3.63) is 53.1 Å². The van der Waals surface area contributed by atoms with Crippen molar-refractivity contribution in [2.24, 2.45) is 0 Å². The number of carbonyl (C=O) groups excluding carboxylic acids is 1. The van der Waals surface area contributed by atoms with Crippen LogP contribution in [0.15, 0.2) is 41.3 Å². The van der Waals surface area contributed by atoms with Crippen molar-refractivity contribution >= 4 is 15.9 Å². The zero-order chi connectivity index (χ0) is 19.6. The number of amides is 1. The van der Waals surface area contributed by atoms with Crippen LogP contribution >= 0.6 is 0 Å². The molecule has 0 aromatic heterocycles. The summed E-state index contributed by atoms with van der Waals surface area (Å²) in [5.74, 6) is 0.991. The Hall–Kier alpha value is -2.58. The lowest BCUT2D eigenvalue weighted by molar-refractivity contribution is 0.0939. The molecule has 1 unspecified atom stereocenters. The van der Waals surface area contributed by atoms with Crippen LogP contribution in [-0.4, -0.2) is 34.6 Å². The van der Waals surface area contributed by atoms with E-state index in [1.165, 1.54) is 19.2 Å². The van der Waals surface area contributed by atoms with Crippen molar-refractivity contribution in [2.75, 3.05) is 20.3 Å². The maximum Gasteiger partial charge on any atom is 0.252 e. The summed E-state index contributed by atoms with van der Waals surface area (Å²) in [4.78, 5) is 12.8. The molecule has 0 saturated carbocycles. The Morgan fingerprint density at radius 2 is 1.78 bits per heavy atom. The molecule has 144 valence electrons. The highest BCUT2D eigenvalue weighted by molar-refractivity contribution is 7.89. The van der Waals surface area contributed by atoms with Crippen molar-refractivity contribution in [1.29, 1.82) is 0 Å². The average Bonchev–Trinajstić information content (AvgIpc) is 2.67. The fourth-order valence-electron chi connectivity index (χ4n) is 2.82. The number of sulfonamides is 1. The largest absolute Gasteiger partial charge is 0.486 e. The summed E-state index contributed by atoms with van der Waals surface area (Å²) >= 11 is 0. The fraction of sp³-hybridized carbons (Fsp3) is 0.316. The molecule has 3 rings (SSSR count). The summed E-state index contributed by atoms with van der Waals surface area (Å²) in [5, 5.41) is 2.91. The van der Waals surface area contributed by atoms with E-state index in [2.05, 4.69) is 10.0 Å². The molecule has 2 aromatic carbocycles. The first kappa shape index (κ1) is 19.2. The Bertz CT molecular complexity index is 972. The lowest BCUT2D eigenvalue weighted by atomic mass is 10.0. The van der Waals surface area contributed by atoms with Crippen molar-refractivity contribution in [3.63, 3.8) is 0 Å². The third kappa shape index (κ3) is 4.06.